The molecule has 0 spiro atoms. The van der Waals surface area contributed by atoms with Gasteiger partial charge in [-0.2, -0.15) is 0 Å². The quantitative estimate of drug-likeness (QED) is 0.874. The summed E-state index contributed by atoms with van der Waals surface area (Å²) in [5.41, 5.74) is 0.162. The van der Waals surface area contributed by atoms with E-state index in [-0.39, 0.29) is 17.3 Å². The Morgan fingerprint density at radius 2 is 2.05 bits per heavy atom. The molecule has 2 N–H and O–H groups in total. The average Bonchev–Trinajstić information content (AvgIpc) is 2.40. The van der Waals surface area contributed by atoms with Crippen molar-refractivity contribution in [2.45, 2.75) is 38.5 Å². The van der Waals surface area contributed by atoms with E-state index in [2.05, 4.69) is 10.3 Å². The number of pyridine rings is 1. The highest BCUT2D eigenvalue weighted by molar-refractivity contribution is 5.99. The van der Waals surface area contributed by atoms with Gasteiger partial charge in [0.05, 0.1) is 5.69 Å². The van der Waals surface area contributed by atoms with E-state index in [1.54, 1.807) is 12.1 Å². The molecule has 1 aliphatic rings. The van der Waals surface area contributed by atoms with Gasteiger partial charge in [-0.1, -0.05) is 19.3 Å². The van der Waals surface area contributed by atoms with Crippen LogP contribution in [0.5, 0.6) is 0 Å². The van der Waals surface area contributed by atoms with Gasteiger partial charge >= 0.3 is 5.97 Å². The topological polar surface area (TPSA) is 79.3 Å². The summed E-state index contributed by atoms with van der Waals surface area (Å²) < 4.78 is 0. The van der Waals surface area contributed by atoms with E-state index in [0.717, 1.165) is 12.8 Å². The molecule has 0 atom stereocenters. The van der Waals surface area contributed by atoms with E-state index >= 15 is 0 Å². The van der Waals surface area contributed by atoms with Crippen molar-refractivity contribution < 1.29 is 14.7 Å². The highest BCUT2D eigenvalue weighted by atomic mass is 16.4. The number of nitrogens with zero attached hydrogens (tertiary/aromatic N) is 1. The Morgan fingerprint density at radius 3 is 2.74 bits per heavy atom. The first-order valence-electron chi connectivity index (χ1n) is 6.65. The molecule has 0 aliphatic heterocycles. The second kappa shape index (κ2) is 6.31. The molecule has 2 rings (SSSR count). The summed E-state index contributed by atoms with van der Waals surface area (Å²) in [5, 5.41) is 11.6. The van der Waals surface area contributed by atoms with Gasteiger partial charge in [0.1, 0.15) is 0 Å². The highest BCUT2D eigenvalue weighted by Crippen LogP contribution is 2.26. The number of carbonyl (C=O) groups excluding carboxylic acids is 1. The highest BCUT2D eigenvalue weighted by Gasteiger charge is 2.19. The number of nitrogens with one attached hydrogen (secondary N) is 1. The minimum Gasteiger partial charge on any atom is -0.476 e. The molecule has 1 aromatic rings. The smallest absolute Gasteiger partial charge is 0.356 e. The lowest BCUT2D eigenvalue weighted by molar-refractivity contribution is -0.117. The van der Waals surface area contributed by atoms with E-state index in [0.29, 0.717) is 12.3 Å². The molecule has 1 saturated carbocycles. The van der Waals surface area contributed by atoms with Gasteiger partial charge in [-0.05, 0) is 30.9 Å². The number of hydrogen-bond acceptors (Lipinski definition) is 3. The lowest BCUT2D eigenvalue weighted by Gasteiger charge is -2.20. The Labute approximate surface area is 112 Å². The van der Waals surface area contributed by atoms with Crippen molar-refractivity contribution in [1.29, 1.82) is 0 Å². The molecule has 0 radical (unpaired) electrons. The molecule has 102 valence electrons. The Kier molecular flexibility index (Phi) is 4.49. The Bertz CT molecular complexity index is 468. The lowest BCUT2D eigenvalue weighted by Crippen LogP contribution is -2.20. The molecule has 1 aromatic heterocycles. The molecular formula is C14H18N2O3. The van der Waals surface area contributed by atoms with Gasteiger partial charge in [0.2, 0.25) is 5.91 Å². The third-order valence-corrected chi connectivity index (χ3v) is 3.48. The van der Waals surface area contributed by atoms with Crippen molar-refractivity contribution in [3.8, 4) is 0 Å². The fraction of sp³-hybridized carbons (Fsp3) is 0.500. The zero-order chi connectivity index (χ0) is 13.7. The van der Waals surface area contributed by atoms with Crippen molar-refractivity contribution >= 4 is 17.6 Å². The number of aromatic carboxylic acids is 1. The predicted molar refractivity (Wildman–Crippen MR) is 71.0 cm³/mol. The summed E-state index contributed by atoms with van der Waals surface area (Å²) in [5.74, 6) is -0.824. The minimum absolute atomic E-state index is 0.112. The van der Waals surface area contributed by atoms with Crippen LogP contribution in [0.2, 0.25) is 0 Å². The summed E-state index contributed by atoms with van der Waals surface area (Å²) in [6.07, 6.45) is 7.67. The van der Waals surface area contributed by atoms with Crippen LogP contribution in [0.25, 0.3) is 0 Å². The molecule has 19 heavy (non-hydrogen) atoms. The first-order valence-corrected chi connectivity index (χ1v) is 6.65. The number of aromatic nitrogens is 1. The number of hydrogen-bond donors (Lipinski definition) is 2. The first-order chi connectivity index (χ1) is 9.16. The van der Waals surface area contributed by atoms with Crippen molar-refractivity contribution in [3.05, 3.63) is 24.0 Å². The van der Waals surface area contributed by atoms with Gasteiger partial charge in [0.25, 0.3) is 0 Å². The van der Waals surface area contributed by atoms with Gasteiger partial charge in [-0.25, -0.2) is 9.78 Å². The molecule has 0 bridgehead atoms. The zero-order valence-electron chi connectivity index (χ0n) is 10.8. The summed E-state index contributed by atoms with van der Waals surface area (Å²) >= 11 is 0. The Morgan fingerprint density at radius 1 is 1.32 bits per heavy atom. The average molecular weight is 262 g/mol. The van der Waals surface area contributed by atoms with Crippen molar-refractivity contribution in [2.24, 2.45) is 5.92 Å². The third-order valence-electron chi connectivity index (χ3n) is 3.48. The van der Waals surface area contributed by atoms with Crippen LogP contribution in [0.3, 0.4) is 0 Å². The molecule has 5 nitrogen and oxygen atoms in total. The van der Waals surface area contributed by atoms with Crippen molar-refractivity contribution in [1.82, 2.24) is 4.98 Å². The van der Waals surface area contributed by atoms with E-state index in [1.807, 2.05) is 0 Å². The van der Waals surface area contributed by atoms with E-state index < -0.39 is 5.97 Å². The van der Waals surface area contributed by atoms with Gasteiger partial charge in [-0.3, -0.25) is 4.79 Å². The minimum atomic E-state index is -1.13. The molecule has 0 aromatic carbocycles. The Balaban J connectivity index is 1.96. The number of rotatable bonds is 4. The van der Waals surface area contributed by atoms with E-state index in [1.165, 1.54) is 25.5 Å². The first kappa shape index (κ1) is 13.5. The lowest BCUT2D eigenvalue weighted by atomic mass is 9.87. The number of anilines is 1. The maximum Gasteiger partial charge on any atom is 0.356 e. The molecule has 1 aliphatic carbocycles. The largest absolute Gasteiger partial charge is 0.476 e. The summed E-state index contributed by atoms with van der Waals surface area (Å²) in [6, 6.07) is 3.18. The number of carboxylic acids is 1. The molecule has 1 fully saturated rings. The second-order valence-corrected chi connectivity index (χ2v) is 4.96. The number of amides is 1. The number of carbonyl (C=O) groups is 2. The van der Waals surface area contributed by atoms with Crippen LogP contribution in [0, 0.1) is 5.92 Å². The zero-order valence-corrected chi connectivity index (χ0v) is 10.8. The van der Waals surface area contributed by atoms with Crippen LogP contribution >= 0.6 is 0 Å². The van der Waals surface area contributed by atoms with Crippen LogP contribution in [0.15, 0.2) is 18.3 Å². The maximum absolute atomic E-state index is 11.9. The Hall–Kier alpha value is -1.91. The van der Waals surface area contributed by atoms with E-state index in [9.17, 15) is 9.59 Å². The second-order valence-electron chi connectivity index (χ2n) is 4.96. The van der Waals surface area contributed by atoms with Crippen LogP contribution in [0.4, 0.5) is 5.69 Å². The fourth-order valence-corrected chi connectivity index (χ4v) is 2.53. The van der Waals surface area contributed by atoms with Gasteiger partial charge in [0, 0.05) is 12.6 Å². The molecule has 1 heterocycles. The SMILES string of the molecule is O=C(CC1CCCCC1)Nc1cccnc1C(=O)O. The maximum atomic E-state index is 11.9. The standard InChI is InChI=1S/C14H18N2O3/c17-12(9-10-5-2-1-3-6-10)16-11-7-4-8-15-13(11)14(18)19/h4,7-8,10H,1-3,5-6,9H2,(H,16,17)(H,18,19). The molecule has 0 unspecified atom stereocenters. The van der Waals surface area contributed by atoms with Gasteiger partial charge in [0.15, 0.2) is 5.69 Å². The van der Waals surface area contributed by atoms with Crippen molar-refractivity contribution in [2.75, 3.05) is 5.32 Å². The molecule has 5 heteroatoms. The monoisotopic (exact) mass is 262 g/mol. The summed E-state index contributed by atoms with van der Waals surface area (Å²) in [7, 11) is 0. The van der Waals surface area contributed by atoms with Gasteiger partial charge in [-0.15, -0.1) is 0 Å². The summed E-state index contributed by atoms with van der Waals surface area (Å²) in [6.45, 7) is 0. The predicted octanol–water partition coefficient (Wildman–Crippen LogP) is 2.69. The molecule has 1 amide bonds. The van der Waals surface area contributed by atoms with Crippen LogP contribution in [0.1, 0.15) is 49.0 Å². The number of carboxylic acid groups (broad SMARTS) is 1. The van der Waals surface area contributed by atoms with Crippen molar-refractivity contribution in [3.63, 3.8) is 0 Å². The van der Waals surface area contributed by atoms with E-state index in [4.69, 9.17) is 5.11 Å². The van der Waals surface area contributed by atoms with Gasteiger partial charge < -0.3 is 10.4 Å². The summed E-state index contributed by atoms with van der Waals surface area (Å²) in [4.78, 5) is 26.7. The van der Waals surface area contributed by atoms with Crippen LogP contribution in [-0.2, 0) is 4.79 Å². The fourth-order valence-electron chi connectivity index (χ4n) is 2.53. The third kappa shape index (κ3) is 3.77. The van der Waals surface area contributed by atoms with Crippen LogP contribution in [-0.4, -0.2) is 22.0 Å². The molecular weight excluding hydrogens is 244 g/mol. The normalized spacial score (nSPS) is 16.0. The molecule has 0 saturated heterocycles. The van der Waals surface area contributed by atoms with Crippen LogP contribution < -0.4 is 5.32 Å².